The molecule has 11 nitrogen and oxygen atoms in total. The first-order chi connectivity index (χ1) is 38.3. The third-order valence-electron chi connectivity index (χ3n) is 16.9. The van der Waals surface area contributed by atoms with E-state index in [1.165, 1.54) is 173 Å². The molecule has 13 heteroatoms. The highest BCUT2D eigenvalue weighted by Gasteiger charge is 2.30. The highest BCUT2D eigenvalue weighted by molar-refractivity contribution is 8.76. The molecule has 1 aliphatic carbocycles. The Kier molecular flexibility index (Phi) is 50.2. The van der Waals surface area contributed by atoms with Gasteiger partial charge in [0.1, 0.15) is 6.61 Å². The van der Waals surface area contributed by atoms with E-state index in [9.17, 15) is 14.4 Å². The van der Waals surface area contributed by atoms with Crippen LogP contribution in [0.4, 0.5) is 4.79 Å². The van der Waals surface area contributed by atoms with Crippen LogP contribution in [-0.4, -0.2) is 105 Å². The summed E-state index contributed by atoms with van der Waals surface area (Å²) in [7, 11) is 3.79. The summed E-state index contributed by atoms with van der Waals surface area (Å²) in [6, 6.07) is 0. The second kappa shape index (κ2) is 52.3. The lowest BCUT2D eigenvalue weighted by Gasteiger charge is -2.31. The maximum Gasteiger partial charge on any atom is 0.407 e. The maximum atomic E-state index is 12.8. The van der Waals surface area contributed by atoms with E-state index in [-0.39, 0.29) is 35.5 Å². The Morgan fingerprint density at radius 1 is 0.519 bits per heavy atom. The van der Waals surface area contributed by atoms with Gasteiger partial charge in [-0.25, -0.2) is 4.79 Å². The number of carbonyl (C=O) groups is 3. The van der Waals surface area contributed by atoms with Gasteiger partial charge in [0, 0.05) is 50.4 Å². The van der Waals surface area contributed by atoms with Crippen LogP contribution in [0.1, 0.15) is 299 Å². The van der Waals surface area contributed by atoms with Gasteiger partial charge in [-0.15, -0.1) is 0 Å². The van der Waals surface area contributed by atoms with Crippen molar-refractivity contribution in [1.82, 2.24) is 16.0 Å². The van der Waals surface area contributed by atoms with E-state index in [0.717, 1.165) is 76.0 Å². The molecule has 0 saturated heterocycles. The summed E-state index contributed by atoms with van der Waals surface area (Å²) >= 11 is 0. The van der Waals surface area contributed by atoms with Crippen LogP contribution in [0.2, 0.25) is 0 Å². The number of alkyl carbamates (subject to hydrolysis) is 1. The molecule has 1 fully saturated rings. The van der Waals surface area contributed by atoms with Gasteiger partial charge in [-0.1, -0.05) is 222 Å². The van der Waals surface area contributed by atoms with Crippen molar-refractivity contribution in [2.45, 2.75) is 315 Å². The van der Waals surface area contributed by atoms with Gasteiger partial charge >= 0.3 is 6.09 Å². The van der Waals surface area contributed by atoms with Crippen molar-refractivity contribution >= 4 is 39.5 Å². The molecule has 1 rings (SSSR count). The van der Waals surface area contributed by atoms with E-state index in [1.54, 1.807) is 0 Å². The molecule has 0 bridgehead atoms. The summed E-state index contributed by atoms with van der Waals surface area (Å²) < 4.78 is 23.4. The van der Waals surface area contributed by atoms with Crippen LogP contribution in [0.3, 0.4) is 0 Å². The third-order valence-corrected chi connectivity index (χ3v) is 19.2. The molecule has 3 unspecified atom stereocenters. The van der Waals surface area contributed by atoms with E-state index in [4.69, 9.17) is 24.1 Å². The third kappa shape index (κ3) is 45.8. The van der Waals surface area contributed by atoms with Crippen LogP contribution in [0.5, 0.6) is 0 Å². The number of carbonyl (C=O) groups excluding carboxylic acids is 3. The van der Waals surface area contributed by atoms with Crippen molar-refractivity contribution in [3.05, 3.63) is 0 Å². The summed E-state index contributed by atoms with van der Waals surface area (Å²) in [6.45, 7) is 19.6. The molecule has 0 aromatic heterocycles. The Bertz CT molecular complexity index is 1400. The van der Waals surface area contributed by atoms with Gasteiger partial charge in [0.25, 0.3) is 0 Å². The first kappa shape index (κ1) is 75.8. The number of aliphatic hydroxyl groups excluding tert-OH is 1. The summed E-state index contributed by atoms with van der Waals surface area (Å²) in [5.74, 6) is 2.88. The minimum absolute atomic E-state index is 0.0390. The molecule has 4 N–H and O–H groups in total. The second-order valence-electron chi connectivity index (χ2n) is 25.0. The number of amides is 3. The second-order valence-corrected chi connectivity index (χ2v) is 27.8. The van der Waals surface area contributed by atoms with Crippen molar-refractivity contribution < 1.29 is 38.4 Å². The van der Waals surface area contributed by atoms with Gasteiger partial charge in [0.2, 0.25) is 11.8 Å². The molecular formula is C66H129N3O8S2. The SMILES string of the molecule is CCCCCCCCC(CCCCCCCCCOCCOC(=O)NCCCCCC(=O)NCCC(C)(C)OCCC(C)(C)OCCNC(=O)C1CCC(C(C)SSC)CC1)C(CCCCCC)CCCCCCCCCCO. The molecule has 0 radical (unpaired) electrons. The Labute approximate surface area is 495 Å². The number of unbranched alkanes of at least 4 members (excludes halogenated alkanes) is 23. The first-order valence-corrected chi connectivity index (χ1v) is 36.0. The zero-order valence-electron chi connectivity index (χ0n) is 52.9. The molecule has 0 aliphatic heterocycles. The average molecular weight is 1160 g/mol. The van der Waals surface area contributed by atoms with Crippen LogP contribution >= 0.6 is 21.6 Å². The Hall–Kier alpha value is -1.25. The minimum Gasteiger partial charge on any atom is -0.447 e. The molecule has 0 aromatic carbocycles. The Balaban J connectivity index is 2.11. The quantitative estimate of drug-likeness (QED) is 0.0343. The van der Waals surface area contributed by atoms with Gasteiger partial charge in [0.05, 0.1) is 31.0 Å². The smallest absolute Gasteiger partial charge is 0.407 e. The molecule has 0 spiro atoms. The molecule has 1 saturated carbocycles. The van der Waals surface area contributed by atoms with Gasteiger partial charge in [-0.2, -0.15) is 0 Å². The number of aliphatic hydroxyl groups is 1. The summed E-state index contributed by atoms with van der Waals surface area (Å²) in [6.07, 6.45) is 49.3. The lowest BCUT2D eigenvalue weighted by molar-refractivity contribution is -0.127. The lowest BCUT2D eigenvalue weighted by Crippen LogP contribution is -2.38. The predicted molar refractivity (Wildman–Crippen MR) is 339 cm³/mol. The van der Waals surface area contributed by atoms with Crippen molar-refractivity contribution in [3.63, 3.8) is 0 Å². The normalized spacial score (nSPS) is 16.2. The summed E-state index contributed by atoms with van der Waals surface area (Å²) in [5.41, 5.74) is -0.756. The van der Waals surface area contributed by atoms with Gasteiger partial charge in [-0.3, -0.25) is 9.59 Å². The topological polar surface area (TPSA) is 144 Å². The van der Waals surface area contributed by atoms with E-state index in [0.29, 0.717) is 76.7 Å². The number of hydrogen-bond donors (Lipinski definition) is 4. The molecule has 468 valence electrons. The van der Waals surface area contributed by atoms with Crippen molar-refractivity contribution in [2.24, 2.45) is 23.7 Å². The monoisotopic (exact) mass is 1160 g/mol. The molecule has 0 heterocycles. The number of ether oxygens (including phenoxy) is 4. The highest BCUT2D eigenvalue weighted by atomic mass is 33.1. The molecule has 3 atom stereocenters. The predicted octanol–water partition coefficient (Wildman–Crippen LogP) is 17.7. The standard InChI is InChI=1S/C66H129N3O8S2/c1-9-11-13-15-23-30-38-60(59(37-29-14-12-10-2)39-31-24-19-16-17-21-26-35-51-70)40-32-25-20-18-22-27-36-52-74-55-56-75-64(73)69-48-34-28-33-41-62(71)67-49-46-65(4,5)76-53-47-66(6,7)77-54-50-68-63(72)61-44-42-58(43-45-61)57(3)79-78-8/h57-61,70H,9-56H2,1-8H3,(H,67,71)(H,68,72)(H,69,73). The molecular weight excluding hydrogens is 1030 g/mol. The van der Waals surface area contributed by atoms with Gasteiger partial charge in [-0.05, 0) is 116 Å². The summed E-state index contributed by atoms with van der Waals surface area (Å²) in [4.78, 5) is 37.5. The fourth-order valence-corrected chi connectivity index (χ4v) is 13.6. The molecule has 3 amide bonds. The zero-order valence-corrected chi connectivity index (χ0v) is 54.6. The van der Waals surface area contributed by atoms with Crippen molar-refractivity contribution in [3.8, 4) is 0 Å². The van der Waals surface area contributed by atoms with E-state index >= 15 is 0 Å². The highest BCUT2D eigenvalue weighted by Crippen LogP contribution is 2.39. The lowest BCUT2D eigenvalue weighted by atomic mass is 9.78. The van der Waals surface area contributed by atoms with Gasteiger partial charge in [0.15, 0.2) is 0 Å². The number of rotatable bonds is 57. The Morgan fingerprint density at radius 2 is 1.01 bits per heavy atom. The fourth-order valence-electron chi connectivity index (χ4n) is 11.5. The maximum absolute atomic E-state index is 12.8. The van der Waals surface area contributed by atoms with Crippen LogP contribution in [0.25, 0.3) is 0 Å². The van der Waals surface area contributed by atoms with Gasteiger partial charge < -0.3 is 40.0 Å². The Morgan fingerprint density at radius 3 is 1.57 bits per heavy atom. The fraction of sp³-hybridized carbons (Fsp3) is 0.955. The van der Waals surface area contributed by atoms with E-state index in [1.807, 2.05) is 21.6 Å². The number of nitrogens with one attached hydrogen (secondary N) is 3. The molecule has 0 aromatic rings. The first-order valence-electron chi connectivity index (χ1n) is 33.4. The largest absolute Gasteiger partial charge is 0.447 e. The summed E-state index contributed by atoms with van der Waals surface area (Å²) in [5, 5.41) is 18.7. The van der Waals surface area contributed by atoms with Crippen molar-refractivity contribution in [1.29, 1.82) is 0 Å². The van der Waals surface area contributed by atoms with E-state index < -0.39 is 6.09 Å². The number of hydrogen-bond acceptors (Lipinski definition) is 10. The molecule has 79 heavy (non-hydrogen) atoms. The van der Waals surface area contributed by atoms with Crippen LogP contribution in [-0.2, 0) is 28.5 Å². The van der Waals surface area contributed by atoms with Crippen LogP contribution in [0.15, 0.2) is 0 Å². The molecule has 1 aliphatic rings. The van der Waals surface area contributed by atoms with Crippen molar-refractivity contribution in [2.75, 3.05) is 65.5 Å². The average Bonchev–Trinajstić information content (AvgIpc) is 3.42. The van der Waals surface area contributed by atoms with E-state index in [2.05, 4.69) is 70.7 Å². The van der Waals surface area contributed by atoms with Crippen LogP contribution in [0, 0.1) is 23.7 Å². The zero-order chi connectivity index (χ0) is 57.9. The minimum atomic E-state index is -0.411. The van der Waals surface area contributed by atoms with Crippen LogP contribution < -0.4 is 16.0 Å².